The second-order valence-electron chi connectivity index (χ2n) is 4.45. The lowest BCUT2D eigenvalue weighted by molar-refractivity contribution is 0.600. The fraction of sp³-hybridized carbons (Fsp3) is 0.182. The molecule has 0 bridgehead atoms. The Hall–Kier alpha value is -2.07. The van der Waals surface area contributed by atoms with Gasteiger partial charge < -0.3 is 5.73 Å². The van der Waals surface area contributed by atoms with Gasteiger partial charge in [0.05, 0.1) is 10.6 Å². The molecule has 0 saturated heterocycles. The minimum atomic E-state index is -4.03. The summed E-state index contributed by atoms with van der Waals surface area (Å²) in [5.41, 5.74) is 5.59. The lowest BCUT2D eigenvalue weighted by Crippen LogP contribution is -2.16. The number of aromatic nitrogens is 2. The van der Waals surface area contributed by atoms with Crippen molar-refractivity contribution < 1.29 is 16.8 Å². The lowest BCUT2D eigenvalue weighted by Gasteiger charge is -2.09. The minimum Gasteiger partial charge on any atom is -0.398 e. The molecule has 0 atom stereocenters. The van der Waals surface area contributed by atoms with Gasteiger partial charge in [-0.1, -0.05) is 0 Å². The van der Waals surface area contributed by atoms with Crippen molar-refractivity contribution in [2.24, 2.45) is 7.05 Å². The van der Waals surface area contributed by atoms with E-state index in [0.717, 1.165) is 12.3 Å². The molecule has 2 rings (SSSR count). The van der Waals surface area contributed by atoms with Gasteiger partial charge in [-0.05, 0) is 18.2 Å². The van der Waals surface area contributed by atoms with Gasteiger partial charge in [0.15, 0.2) is 15.7 Å². The number of nitrogens with one attached hydrogen (secondary N) is 1. The number of benzene rings is 1. The van der Waals surface area contributed by atoms with E-state index in [1.165, 1.54) is 22.9 Å². The highest BCUT2D eigenvalue weighted by Crippen LogP contribution is 2.24. The summed E-state index contributed by atoms with van der Waals surface area (Å²) in [4.78, 5) is -0.436. The summed E-state index contributed by atoms with van der Waals surface area (Å²) in [7, 11) is -5.93. The fourth-order valence-corrected chi connectivity index (χ4v) is 3.52. The van der Waals surface area contributed by atoms with E-state index in [1.807, 2.05) is 0 Å². The second-order valence-corrected chi connectivity index (χ2v) is 8.12. The number of sulfonamides is 1. The van der Waals surface area contributed by atoms with Crippen LogP contribution in [0, 0.1) is 0 Å². The van der Waals surface area contributed by atoms with Gasteiger partial charge in [0.25, 0.3) is 10.0 Å². The minimum absolute atomic E-state index is 0.0502. The van der Waals surface area contributed by atoms with Crippen LogP contribution in [0.15, 0.2) is 40.3 Å². The second kappa shape index (κ2) is 5.04. The monoisotopic (exact) mass is 330 g/mol. The molecule has 0 amide bonds. The molecule has 1 aromatic carbocycles. The number of rotatable bonds is 4. The average Bonchev–Trinajstić information content (AvgIpc) is 2.72. The largest absolute Gasteiger partial charge is 0.398 e. The maximum atomic E-state index is 12.3. The molecule has 1 aromatic heterocycles. The molecule has 8 nitrogen and oxygen atoms in total. The lowest BCUT2D eigenvalue weighted by atomic mass is 10.3. The summed E-state index contributed by atoms with van der Waals surface area (Å²) >= 11 is 0. The van der Waals surface area contributed by atoms with E-state index >= 15 is 0 Å². The number of anilines is 2. The van der Waals surface area contributed by atoms with Gasteiger partial charge in [0, 0.05) is 25.6 Å². The summed E-state index contributed by atoms with van der Waals surface area (Å²) in [6.07, 6.45) is 2.55. The van der Waals surface area contributed by atoms with Crippen LogP contribution in [0.3, 0.4) is 0 Å². The number of hydrogen-bond donors (Lipinski definition) is 2. The number of nitrogens with two attached hydrogens (primary N) is 1. The highest BCUT2D eigenvalue weighted by molar-refractivity contribution is 7.93. The van der Waals surface area contributed by atoms with Crippen molar-refractivity contribution in [3.63, 3.8) is 0 Å². The molecule has 10 heteroatoms. The van der Waals surface area contributed by atoms with E-state index in [0.29, 0.717) is 0 Å². The predicted octanol–water partition coefficient (Wildman–Crippen LogP) is 0.207. The first-order valence-corrected chi connectivity index (χ1v) is 9.09. The Bertz CT molecular complexity index is 885. The van der Waals surface area contributed by atoms with Crippen LogP contribution in [0.2, 0.25) is 0 Å². The van der Waals surface area contributed by atoms with Crippen LogP contribution in [-0.2, 0) is 26.9 Å². The van der Waals surface area contributed by atoms with E-state index in [9.17, 15) is 16.8 Å². The maximum absolute atomic E-state index is 12.3. The first kappa shape index (κ1) is 15.3. The molecule has 0 aliphatic carbocycles. The molecule has 114 valence electrons. The SMILES string of the molecule is Cn1ccc(NS(=O)(=O)c2cc(S(C)(=O)=O)ccc2N)n1. The summed E-state index contributed by atoms with van der Waals surface area (Å²) in [5, 5.41) is 3.89. The van der Waals surface area contributed by atoms with Gasteiger partial charge >= 0.3 is 0 Å². The van der Waals surface area contributed by atoms with Gasteiger partial charge in [0.1, 0.15) is 4.90 Å². The van der Waals surface area contributed by atoms with Crippen molar-refractivity contribution in [3.05, 3.63) is 30.5 Å². The number of aryl methyl sites for hydroxylation is 1. The Balaban J connectivity index is 2.49. The predicted molar refractivity (Wildman–Crippen MR) is 78.0 cm³/mol. The topological polar surface area (TPSA) is 124 Å². The number of nitrogens with zero attached hydrogens (tertiary/aromatic N) is 2. The van der Waals surface area contributed by atoms with Crippen LogP contribution in [-0.4, -0.2) is 32.9 Å². The van der Waals surface area contributed by atoms with E-state index in [-0.39, 0.29) is 21.3 Å². The highest BCUT2D eigenvalue weighted by atomic mass is 32.2. The molecule has 0 spiro atoms. The first-order valence-electron chi connectivity index (χ1n) is 5.72. The Morgan fingerprint density at radius 1 is 1.19 bits per heavy atom. The standard InChI is InChI=1S/C11H14N4O4S2/c1-15-6-5-11(13-15)14-21(18,19)10-7-8(20(2,16)17)3-4-9(10)12/h3-7H,12H2,1-2H3,(H,13,14). The molecule has 0 unspecified atom stereocenters. The zero-order chi connectivity index (χ0) is 15.8. The van der Waals surface area contributed by atoms with Crippen molar-refractivity contribution in [1.29, 1.82) is 0 Å². The molecule has 0 saturated carbocycles. The van der Waals surface area contributed by atoms with Crippen molar-refractivity contribution in [2.75, 3.05) is 16.7 Å². The molecular weight excluding hydrogens is 316 g/mol. The summed E-state index contributed by atoms with van der Waals surface area (Å²) in [6, 6.07) is 4.98. The van der Waals surface area contributed by atoms with Crippen molar-refractivity contribution in [2.45, 2.75) is 9.79 Å². The zero-order valence-corrected chi connectivity index (χ0v) is 12.9. The van der Waals surface area contributed by atoms with Gasteiger partial charge in [-0.15, -0.1) is 0 Å². The molecule has 3 N–H and O–H groups in total. The van der Waals surface area contributed by atoms with Gasteiger partial charge in [-0.2, -0.15) is 5.10 Å². The van der Waals surface area contributed by atoms with E-state index < -0.39 is 19.9 Å². The van der Waals surface area contributed by atoms with E-state index in [1.54, 1.807) is 13.2 Å². The summed E-state index contributed by atoms with van der Waals surface area (Å²) in [6.45, 7) is 0. The summed E-state index contributed by atoms with van der Waals surface area (Å²) in [5.74, 6) is 0.113. The zero-order valence-electron chi connectivity index (χ0n) is 11.3. The number of sulfone groups is 1. The summed E-state index contributed by atoms with van der Waals surface area (Å²) < 4.78 is 51.2. The average molecular weight is 330 g/mol. The first-order chi connectivity index (χ1) is 9.59. The Labute approximate surface area is 122 Å². The molecule has 0 aliphatic rings. The van der Waals surface area contributed by atoms with Gasteiger partial charge in [-0.3, -0.25) is 9.40 Å². The van der Waals surface area contributed by atoms with Gasteiger partial charge in [-0.25, -0.2) is 16.8 Å². The number of hydrogen-bond acceptors (Lipinski definition) is 6. The molecular formula is C11H14N4O4S2. The molecule has 0 radical (unpaired) electrons. The van der Waals surface area contributed by atoms with E-state index in [2.05, 4.69) is 9.82 Å². The molecule has 1 heterocycles. The Morgan fingerprint density at radius 2 is 1.86 bits per heavy atom. The van der Waals surface area contributed by atoms with Crippen LogP contribution in [0.1, 0.15) is 0 Å². The maximum Gasteiger partial charge on any atom is 0.265 e. The Morgan fingerprint density at radius 3 is 2.38 bits per heavy atom. The molecule has 21 heavy (non-hydrogen) atoms. The van der Waals surface area contributed by atoms with Crippen LogP contribution in [0.25, 0.3) is 0 Å². The number of nitrogen functional groups attached to an aromatic ring is 1. The van der Waals surface area contributed by atoms with Crippen molar-refractivity contribution in [3.8, 4) is 0 Å². The van der Waals surface area contributed by atoms with Crippen molar-refractivity contribution >= 4 is 31.4 Å². The third-order valence-electron chi connectivity index (χ3n) is 2.66. The Kier molecular flexibility index (Phi) is 3.68. The van der Waals surface area contributed by atoms with Crippen LogP contribution in [0.5, 0.6) is 0 Å². The fourth-order valence-electron chi connectivity index (χ4n) is 1.64. The van der Waals surface area contributed by atoms with Crippen LogP contribution < -0.4 is 10.5 Å². The molecule has 0 fully saturated rings. The third kappa shape index (κ3) is 3.34. The molecule has 0 aliphatic heterocycles. The van der Waals surface area contributed by atoms with Crippen LogP contribution in [0.4, 0.5) is 11.5 Å². The smallest absolute Gasteiger partial charge is 0.265 e. The van der Waals surface area contributed by atoms with Gasteiger partial charge in [0.2, 0.25) is 0 Å². The molecule has 2 aromatic rings. The third-order valence-corrected chi connectivity index (χ3v) is 5.18. The van der Waals surface area contributed by atoms with Crippen LogP contribution >= 0.6 is 0 Å². The van der Waals surface area contributed by atoms with E-state index in [4.69, 9.17) is 5.73 Å². The highest BCUT2D eigenvalue weighted by Gasteiger charge is 2.21. The quantitative estimate of drug-likeness (QED) is 0.772. The normalized spacial score (nSPS) is 12.3. The van der Waals surface area contributed by atoms with Crippen molar-refractivity contribution in [1.82, 2.24) is 9.78 Å².